The van der Waals surface area contributed by atoms with Gasteiger partial charge in [0.1, 0.15) is 5.94 Å². The molecule has 0 aromatic heterocycles. The van der Waals surface area contributed by atoms with Crippen molar-refractivity contribution in [3.63, 3.8) is 0 Å². The van der Waals surface area contributed by atoms with Crippen molar-refractivity contribution in [2.75, 3.05) is 0 Å². The van der Waals surface area contributed by atoms with Crippen LogP contribution in [0.3, 0.4) is 0 Å². The fourth-order valence-corrected chi connectivity index (χ4v) is 1.64. The standard InChI is InChI=1S/C12H12O/c1-9(8-13)11-4-2-3-5-12(11)10-6-7-10/h2-5,10H,6-7H2,1H3. The van der Waals surface area contributed by atoms with Crippen LogP contribution in [0.1, 0.15) is 36.8 Å². The molecule has 0 heterocycles. The lowest BCUT2D eigenvalue weighted by atomic mass is 9.99. The number of carbonyl (C=O) groups excluding carboxylic acids is 1. The topological polar surface area (TPSA) is 17.1 Å². The van der Waals surface area contributed by atoms with Crippen LogP contribution in [0.4, 0.5) is 0 Å². The van der Waals surface area contributed by atoms with Crippen LogP contribution >= 0.6 is 0 Å². The molecule has 1 heteroatoms. The Morgan fingerprint density at radius 1 is 1.38 bits per heavy atom. The molecule has 1 fully saturated rings. The lowest BCUT2D eigenvalue weighted by Gasteiger charge is -2.05. The highest BCUT2D eigenvalue weighted by Gasteiger charge is 2.25. The summed E-state index contributed by atoms with van der Waals surface area (Å²) in [6.07, 6.45) is 2.53. The molecule has 1 saturated carbocycles. The minimum absolute atomic E-state index is 0.694. The van der Waals surface area contributed by atoms with E-state index in [4.69, 9.17) is 0 Å². The predicted octanol–water partition coefficient (Wildman–Crippen LogP) is 2.80. The molecule has 0 bridgehead atoms. The van der Waals surface area contributed by atoms with E-state index in [0.717, 1.165) is 11.1 Å². The monoisotopic (exact) mass is 172 g/mol. The maximum absolute atomic E-state index is 10.5. The molecule has 0 spiro atoms. The highest BCUT2D eigenvalue weighted by molar-refractivity contribution is 5.87. The first-order valence-electron chi connectivity index (χ1n) is 4.64. The summed E-state index contributed by atoms with van der Waals surface area (Å²) >= 11 is 0. The zero-order chi connectivity index (χ0) is 9.26. The minimum atomic E-state index is 0.694. The molecule has 0 saturated heterocycles. The summed E-state index contributed by atoms with van der Waals surface area (Å²) < 4.78 is 0. The lowest BCUT2D eigenvalue weighted by Crippen LogP contribution is -1.89. The largest absolute Gasteiger partial charge is 0.233 e. The summed E-state index contributed by atoms with van der Waals surface area (Å²) in [5, 5.41) is 0. The second-order valence-electron chi connectivity index (χ2n) is 3.59. The number of hydrogen-bond acceptors (Lipinski definition) is 1. The van der Waals surface area contributed by atoms with E-state index in [1.807, 2.05) is 31.1 Å². The van der Waals surface area contributed by atoms with Crippen LogP contribution in [-0.4, -0.2) is 5.94 Å². The molecule has 1 aromatic carbocycles. The van der Waals surface area contributed by atoms with Crippen molar-refractivity contribution in [1.29, 1.82) is 0 Å². The molecule has 0 radical (unpaired) electrons. The van der Waals surface area contributed by atoms with Crippen molar-refractivity contribution in [1.82, 2.24) is 0 Å². The van der Waals surface area contributed by atoms with Crippen LogP contribution in [-0.2, 0) is 4.79 Å². The fraction of sp³-hybridized carbons (Fsp3) is 0.333. The summed E-state index contributed by atoms with van der Waals surface area (Å²) in [5.74, 6) is 2.66. The fourth-order valence-electron chi connectivity index (χ4n) is 1.64. The molecule has 0 N–H and O–H groups in total. The zero-order valence-corrected chi connectivity index (χ0v) is 7.71. The van der Waals surface area contributed by atoms with Gasteiger partial charge in [-0.2, -0.15) is 0 Å². The van der Waals surface area contributed by atoms with Crippen molar-refractivity contribution in [3.05, 3.63) is 35.4 Å². The van der Waals surface area contributed by atoms with E-state index in [1.165, 1.54) is 18.4 Å². The van der Waals surface area contributed by atoms with Gasteiger partial charge in [0.2, 0.25) is 0 Å². The van der Waals surface area contributed by atoms with Gasteiger partial charge in [0.05, 0.1) is 0 Å². The van der Waals surface area contributed by atoms with E-state index >= 15 is 0 Å². The summed E-state index contributed by atoms with van der Waals surface area (Å²) in [6, 6.07) is 8.14. The highest BCUT2D eigenvalue weighted by atomic mass is 16.1. The Labute approximate surface area is 78.1 Å². The van der Waals surface area contributed by atoms with Crippen LogP contribution in [0.25, 0.3) is 5.57 Å². The van der Waals surface area contributed by atoms with Crippen molar-refractivity contribution in [2.45, 2.75) is 25.7 Å². The average molecular weight is 172 g/mol. The second kappa shape index (κ2) is 3.20. The molecular formula is C12H12O. The van der Waals surface area contributed by atoms with Crippen molar-refractivity contribution in [3.8, 4) is 0 Å². The third-order valence-electron chi connectivity index (χ3n) is 2.54. The third-order valence-corrected chi connectivity index (χ3v) is 2.54. The Morgan fingerprint density at radius 3 is 2.69 bits per heavy atom. The second-order valence-corrected chi connectivity index (χ2v) is 3.59. The van der Waals surface area contributed by atoms with Gasteiger partial charge in [-0.05, 0) is 36.8 Å². The number of benzene rings is 1. The van der Waals surface area contributed by atoms with E-state index in [0.29, 0.717) is 5.92 Å². The Bertz CT molecular complexity index is 368. The normalized spacial score (nSPS) is 15.2. The molecule has 1 aromatic rings. The Hall–Kier alpha value is -1.33. The van der Waals surface area contributed by atoms with Gasteiger partial charge in [0.25, 0.3) is 0 Å². The molecule has 13 heavy (non-hydrogen) atoms. The van der Waals surface area contributed by atoms with Gasteiger partial charge in [-0.3, -0.25) is 0 Å². The van der Waals surface area contributed by atoms with E-state index < -0.39 is 0 Å². The van der Waals surface area contributed by atoms with Crippen LogP contribution in [0.2, 0.25) is 0 Å². The average Bonchev–Trinajstić information content (AvgIpc) is 3.00. The lowest BCUT2D eigenvalue weighted by molar-refractivity contribution is 0.569. The summed E-state index contributed by atoms with van der Waals surface area (Å²) in [7, 11) is 0. The van der Waals surface area contributed by atoms with E-state index in [2.05, 4.69) is 6.07 Å². The SMILES string of the molecule is CC(=C=O)c1ccccc1C1CC1. The van der Waals surface area contributed by atoms with Crippen LogP contribution < -0.4 is 0 Å². The predicted molar refractivity (Wildman–Crippen MR) is 53.2 cm³/mol. The summed E-state index contributed by atoms with van der Waals surface area (Å²) in [4.78, 5) is 10.5. The van der Waals surface area contributed by atoms with Gasteiger partial charge in [0.15, 0.2) is 0 Å². The molecular weight excluding hydrogens is 160 g/mol. The first kappa shape index (κ1) is 8.28. The number of rotatable bonds is 2. The summed E-state index contributed by atoms with van der Waals surface area (Å²) in [6.45, 7) is 1.83. The zero-order valence-electron chi connectivity index (χ0n) is 7.71. The molecule has 1 aliphatic rings. The number of hydrogen-bond donors (Lipinski definition) is 0. The van der Waals surface area contributed by atoms with Crippen LogP contribution in [0.15, 0.2) is 24.3 Å². The van der Waals surface area contributed by atoms with E-state index in [1.54, 1.807) is 0 Å². The Morgan fingerprint density at radius 2 is 2.08 bits per heavy atom. The molecule has 1 nitrogen and oxygen atoms in total. The Kier molecular flexibility index (Phi) is 2.03. The van der Waals surface area contributed by atoms with E-state index in [9.17, 15) is 4.79 Å². The van der Waals surface area contributed by atoms with Crippen LogP contribution in [0, 0.1) is 0 Å². The number of allylic oxidation sites excluding steroid dienone is 1. The van der Waals surface area contributed by atoms with Crippen LogP contribution in [0.5, 0.6) is 0 Å². The molecule has 0 amide bonds. The van der Waals surface area contributed by atoms with Gasteiger partial charge in [-0.25, -0.2) is 4.79 Å². The van der Waals surface area contributed by atoms with E-state index in [-0.39, 0.29) is 0 Å². The van der Waals surface area contributed by atoms with Gasteiger partial charge >= 0.3 is 0 Å². The minimum Gasteiger partial charge on any atom is -0.233 e. The maximum Gasteiger partial charge on any atom is 0.128 e. The molecule has 0 unspecified atom stereocenters. The first-order chi connectivity index (χ1) is 6.33. The Balaban J connectivity index is 2.48. The van der Waals surface area contributed by atoms with Gasteiger partial charge in [0, 0.05) is 5.57 Å². The van der Waals surface area contributed by atoms with Crippen molar-refractivity contribution >= 4 is 11.5 Å². The summed E-state index contributed by atoms with van der Waals surface area (Å²) in [5.41, 5.74) is 3.13. The van der Waals surface area contributed by atoms with Gasteiger partial charge < -0.3 is 0 Å². The van der Waals surface area contributed by atoms with Crippen molar-refractivity contribution in [2.24, 2.45) is 0 Å². The molecule has 2 rings (SSSR count). The van der Waals surface area contributed by atoms with Gasteiger partial charge in [-0.15, -0.1) is 0 Å². The highest BCUT2D eigenvalue weighted by Crippen LogP contribution is 2.42. The van der Waals surface area contributed by atoms with Gasteiger partial charge in [-0.1, -0.05) is 24.3 Å². The quantitative estimate of drug-likeness (QED) is 0.627. The molecule has 0 atom stereocenters. The smallest absolute Gasteiger partial charge is 0.128 e. The van der Waals surface area contributed by atoms with Crippen molar-refractivity contribution < 1.29 is 4.79 Å². The first-order valence-corrected chi connectivity index (χ1v) is 4.64. The third kappa shape index (κ3) is 1.56. The molecule has 66 valence electrons. The molecule has 1 aliphatic carbocycles. The molecule has 0 aliphatic heterocycles. The maximum atomic E-state index is 10.5.